The normalized spacial score (nSPS) is 11.2. The van der Waals surface area contributed by atoms with Gasteiger partial charge >= 0.3 is 0 Å². The van der Waals surface area contributed by atoms with E-state index in [1.807, 2.05) is 0 Å². The molecular formula is C16H21N3O4S. The highest BCUT2D eigenvalue weighted by Crippen LogP contribution is 2.18. The van der Waals surface area contributed by atoms with Gasteiger partial charge in [-0.25, -0.2) is 8.42 Å². The van der Waals surface area contributed by atoms with E-state index in [9.17, 15) is 13.2 Å². The van der Waals surface area contributed by atoms with E-state index in [1.54, 1.807) is 19.1 Å². The lowest BCUT2D eigenvalue weighted by molar-refractivity contribution is -0.116. The van der Waals surface area contributed by atoms with E-state index in [0.29, 0.717) is 17.9 Å². The van der Waals surface area contributed by atoms with Crippen molar-refractivity contribution in [3.63, 3.8) is 0 Å². The first-order chi connectivity index (χ1) is 11.4. The van der Waals surface area contributed by atoms with Gasteiger partial charge < -0.3 is 9.84 Å². The van der Waals surface area contributed by atoms with Crippen molar-refractivity contribution in [2.75, 3.05) is 10.0 Å². The molecule has 0 radical (unpaired) electrons. The van der Waals surface area contributed by atoms with E-state index < -0.39 is 10.0 Å². The molecule has 2 aromatic rings. The molecule has 2 rings (SSSR count). The van der Waals surface area contributed by atoms with Crippen molar-refractivity contribution >= 4 is 27.4 Å². The molecule has 0 aliphatic carbocycles. The molecule has 7 nitrogen and oxygen atoms in total. The number of carbonyl (C=O) groups is 1. The van der Waals surface area contributed by atoms with E-state index in [-0.39, 0.29) is 16.6 Å². The minimum Gasteiger partial charge on any atom is -0.360 e. The number of nitrogens with zero attached hydrogens (tertiary/aromatic N) is 1. The van der Waals surface area contributed by atoms with E-state index in [2.05, 4.69) is 22.1 Å². The van der Waals surface area contributed by atoms with E-state index in [4.69, 9.17) is 4.52 Å². The molecule has 0 aliphatic rings. The largest absolute Gasteiger partial charge is 0.360 e. The molecular weight excluding hydrogens is 330 g/mol. The zero-order valence-electron chi connectivity index (χ0n) is 13.7. The first-order valence-corrected chi connectivity index (χ1v) is 9.25. The Morgan fingerprint density at radius 3 is 2.50 bits per heavy atom. The van der Waals surface area contributed by atoms with Gasteiger partial charge in [-0.1, -0.05) is 24.9 Å². The lowest BCUT2D eigenvalue weighted by Gasteiger charge is -2.08. The Morgan fingerprint density at radius 1 is 1.21 bits per heavy atom. The molecule has 0 atom stereocenters. The van der Waals surface area contributed by atoms with Crippen molar-refractivity contribution in [1.29, 1.82) is 0 Å². The monoisotopic (exact) mass is 351 g/mol. The zero-order chi connectivity index (χ0) is 17.6. The van der Waals surface area contributed by atoms with E-state index in [1.165, 1.54) is 18.2 Å². The molecule has 1 heterocycles. The molecule has 0 spiro atoms. The summed E-state index contributed by atoms with van der Waals surface area (Å²) in [5.41, 5.74) is 0.563. The predicted octanol–water partition coefficient (Wildman–Crippen LogP) is 3.30. The van der Waals surface area contributed by atoms with Gasteiger partial charge in [0.15, 0.2) is 5.82 Å². The van der Waals surface area contributed by atoms with Gasteiger partial charge in [0.1, 0.15) is 5.76 Å². The molecule has 1 amide bonds. The Labute approximate surface area is 141 Å². The maximum absolute atomic E-state index is 12.2. The Balaban J connectivity index is 1.99. The number of anilines is 2. The van der Waals surface area contributed by atoms with Gasteiger partial charge in [-0.15, -0.1) is 0 Å². The second-order valence-electron chi connectivity index (χ2n) is 5.46. The van der Waals surface area contributed by atoms with Crippen LogP contribution in [0.1, 0.15) is 38.4 Å². The van der Waals surface area contributed by atoms with Crippen LogP contribution >= 0.6 is 0 Å². The fourth-order valence-electron chi connectivity index (χ4n) is 2.09. The lowest BCUT2D eigenvalue weighted by atomic mass is 10.2. The highest BCUT2D eigenvalue weighted by Gasteiger charge is 2.16. The van der Waals surface area contributed by atoms with Crippen LogP contribution in [0.3, 0.4) is 0 Å². The maximum atomic E-state index is 12.2. The molecule has 0 saturated heterocycles. The van der Waals surface area contributed by atoms with E-state index >= 15 is 0 Å². The number of amides is 1. The molecule has 8 heteroatoms. The van der Waals surface area contributed by atoms with Gasteiger partial charge in [-0.05, 0) is 37.6 Å². The number of benzene rings is 1. The third kappa shape index (κ3) is 5.09. The van der Waals surface area contributed by atoms with Crippen LogP contribution in [0, 0.1) is 6.92 Å². The van der Waals surface area contributed by atoms with Crippen molar-refractivity contribution in [2.45, 2.75) is 44.4 Å². The number of nitrogens with one attached hydrogen (secondary N) is 2. The van der Waals surface area contributed by atoms with Gasteiger partial charge in [0.25, 0.3) is 10.0 Å². The summed E-state index contributed by atoms with van der Waals surface area (Å²) >= 11 is 0. The summed E-state index contributed by atoms with van der Waals surface area (Å²) < 4.78 is 31.6. The molecule has 0 saturated carbocycles. The van der Waals surface area contributed by atoms with Gasteiger partial charge in [0.05, 0.1) is 4.90 Å². The molecule has 130 valence electrons. The molecule has 1 aromatic carbocycles. The van der Waals surface area contributed by atoms with Crippen LogP contribution < -0.4 is 10.0 Å². The lowest BCUT2D eigenvalue weighted by Crippen LogP contribution is -2.14. The molecule has 0 bridgehead atoms. The smallest absolute Gasteiger partial charge is 0.263 e. The van der Waals surface area contributed by atoms with Gasteiger partial charge in [-0.3, -0.25) is 9.52 Å². The predicted molar refractivity (Wildman–Crippen MR) is 91.3 cm³/mol. The average molecular weight is 351 g/mol. The van der Waals surface area contributed by atoms with Crippen LogP contribution in [0.2, 0.25) is 0 Å². The van der Waals surface area contributed by atoms with Crippen LogP contribution in [0.15, 0.2) is 39.8 Å². The number of unbranched alkanes of at least 4 members (excludes halogenated alkanes) is 2. The summed E-state index contributed by atoms with van der Waals surface area (Å²) in [6.07, 6.45) is 3.37. The Hall–Kier alpha value is -2.35. The summed E-state index contributed by atoms with van der Waals surface area (Å²) in [4.78, 5) is 11.8. The minimum absolute atomic E-state index is 0.0738. The molecule has 0 aliphatic heterocycles. The topological polar surface area (TPSA) is 101 Å². The molecule has 0 fully saturated rings. The molecule has 2 N–H and O–H groups in total. The summed E-state index contributed by atoms with van der Waals surface area (Å²) in [5.74, 6) is 0.560. The third-order valence-electron chi connectivity index (χ3n) is 3.32. The SMILES string of the molecule is CCCCCC(=O)Nc1ccc(S(=O)(=O)Nc2cc(C)on2)cc1. The van der Waals surface area contributed by atoms with Crippen molar-refractivity contribution in [3.05, 3.63) is 36.1 Å². The van der Waals surface area contributed by atoms with Crippen LogP contribution in [0.25, 0.3) is 0 Å². The standard InChI is InChI=1S/C16H21N3O4S/c1-3-4-5-6-16(20)17-13-7-9-14(10-8-13)24(21,22)19-15-11-12(2)23-18-15/h7-11H,3-6H2,1-2H3,(H,17,20)(H,18,19). The first kappa shape index (κ1) is 18.0. The van der Waals surface area contributed by atoms with Gasteiger partial charge in [0.2, 0.25) is 5.91 Å². The summed E-state index contributed by atoms with van der Waals surface area (Å²) in [5, 5.41) is 6.35. The van der Waals surface area contributed by atoms with Crippen LogP contribution in [-0.2, 0) is 14.8 Å². The molecule has 1 aromatic heterocycles. The molecule has 0 unspecified atom stereocenters. The summed E-state index contributed by atoms with van der Waals surface area (Å²) in [7, 11) is -3.75. The number of carbonyl (C=O) groups excluding carboxylic acids is 1. The Kier molecular flexibility index (Phi) is 5.97. The first-order valence-electron chi connectivity index (χ1n) is 7.77. The number of hydrogen-bond acceptors (Lipinski definition) is 5. The zero-order valence-corrected chi connectivity index (χ0v) is 14.5. The second-order valence-corrected chi connectivity index (χ2v) is 7.14. The third-order valence-corrected chi connectivity index (χ3v) is 4.69. The van der Waals surface area contributed by atoms with Crippen molar-refractivity contribution in [1.82, 2.24) is 5.16 Å². The van der Waals surface area contributed by atoms with Crippen LogP contribution in [0.5, 0.6) is 0 Å². The van der Waals surface area contributed by atoms with Crippen molar-refractivity contribution in [2.24, 2.45) is 0 Å². The summed E-state index contributed by atoms with van der Waals surface area (Å²) in [6, 6.07) is 7.46. The number of aryl methyl sites for hydroxylation is 1. The summed E-state index contributed by atoms with van der Waals surface area (Å²) in [6.45, 7) is 3.74. The molecule has 24 heavy (non-hydrogen) atoms. The Morgan fingerprint density at radius 2 is 1.92 bits per heavy atom. The van der Waals surface area contributed by atoms with Crippen LogP contribution in [-0.4, -0.2) is 19.5 Å². The van der Waals surface area contributed by atoms with Crippen molar-refractivity contribution < 1.29 is 17.7 Å². The quantitative estimate of drug-likeness (QED) is 0.711. The maximum Gasteiger partial charge on any atom is 0.263 e. The highest BCUT2D eigenvalue weighted by molar-refractivity contribution is 7.92. The van der Waals surface area contributed by atoms with Crippen LogP contribution in [0.4, 0.5) is 11.5 Å². The number of hydrogen-bond donors (Lipinski definition) is 2. The number of rotatable bonds is 8. The van der Waals surface area contributed by atoms with Gasteiger partial charge in [-0.2, -0.15) is 0 Å². The average Bonchev–Trinajstić information content (AvgIpc) is 2.92. The fraction of sp³-hybridized carbons (Fsp3) is 0.375. The van der Waals surface area contributed by atoms with E-state index in [0.717, 1.165) is 19.3 Å². The van der Waals surface area contributed by atoms with Gasteiger partial charge in [0, 0.05) is 18.2 Å². The second kappa shape index (κ2) is 7.96. The van der Waals surface area contributed by atoms with Crippen molar-refractivity contribution in [3.8, 4) is 0 Å². The number of aromatic nitrogens is 1. The highest BCUT2D eigenvalue weighted by atomic mass is 32.2. The Bertz CT molecular complexity index is 782. The fourth-order valence-corrected chi connectivity index (χ4v) is 3.07. The number of sulfonamides is 1. The minimum atomic E-state index is -3.75.